The first-order valence-corrected chi connectivity index (χ1v) is 10.0. The van der Waals surface area contributed by atoms with Crippen molar-refractivity contribution in [1.29, 1.82) is 0 Å². The second-order valence-corrected chi connectivity index (χ2v) is 7.55. The summed E-state index contributed by atoms with van der Waals surface area (Å²) in [6.07, 6.45) is 15.7. The smallest absolute Gasteiger partial charge is 0.251 e. The van der Waals surface area contributed by atoms with Crippen molar-refractivity contribution < 1.29 is 9.90 Å². The molecule has 0 radical (unpaired) electrons. The van der Waals surface area contributed by atoms with E-state index >= 15 is 0 Å². The van der Waals surface area contributed by atoms with E-state index in [-0.39, 0.29) is 5.91 Å². The van der Waals surface area contributed by atoms with Crippen LogP contribution >= 0.6 is 0 Å². The summed E-state index contributed by atoms with van der Waals surface area (Å²) in [5, 5.41) is 22.2. The number of hydrogen-bond donors (Lipinski definition) is 2. The van der Waals surface area contributed by atoms with Gasteiger partial charge in [0.1, 0.15) is 0 Å². The van der Waals surface area contributed by atoms with Gasteiger partial charge in [0.05, 0.1) is 11.8 Å². The van der Waals surface area contributed by atoms with Gasteiger partial charge in [0, 0.05) is 12.1 Å². The number of fused-ring (bicyclic) bond motifs is 3. The van der Waals surface area contributed by atoms with Gasteiger partial charge in [-0.25, -0.2) is 0 Å². The van der Waals surface area contributed by atoms with Gasteiger partial charge in [0.25, 0.3) is 5.91 Å². The van der Waals surface area contributed by atoms with Gasteiger partial charge in [-0.2, -0.15) is 10.2 Å². The maximum absolute atomic E-state index is 12.9. The summed E-state index contributed by atoms with van der Waals surface area (Å²) in [5.74, 6) is -0.173. The van der Waals surface area contributed by atoms with E-state index in [9.17, 15) is 9.90 Å². The number of azo groups is 1. The highest BCUT2D eigenvalue weighted by atomic mass is 16.3. The summed E-state index contributed by atoms with van der Waals surface area (Å²) in [7, 11) is 0. The molecule has 148 valence electrons. The van der Waals surface area contributed by atoms with Gasteiger partial charge in [0.2, 0.25) is 0 Å². The van der Waals surface area contributed by atoms with E-state index < -0.39 is 12.1 Å². The zero-order valence-electron chi connectivity index (χ0n) is 16.3. The predicted octanol–water partition coefficient (Wildman–Crippen LogP) is 4.00. The highest BCUT2D eigenvalue weighted by Crippen LogP contribution is 2.39. The van der Waals surface area contributed by atoms with Crippen molar-refractivity contribution in [3.63, 3.8) is 0 Å². The molecule has 5 rings (SSSR count). The lowest BCUT2D eigenvalue weighted by Gasteiger charge is -2.25. The van der Waals surface area contributed by atoms with E-state index in [0.717, 1.165) is 39.8 Å². The number of nitrogens with one attached hydrogen (secondary N) is 1. The molecule has 2 atom stereocenters. The Morgan fingerprint density at radius 2 is 1.93 bits per heavy atom. The van der Waals surface area contributed by atoms with Crippen molar-refractivity contribution in [3.05, 3.63) is 118 Å². The molecule has 5 nitrogen and oxygen atoms in total. The molecule has 1 aromatic carbocycles. The zero-order valence-corrected chi connectivity index (χ0v) is 16.3. The normalized spacial score (nSPS) is 26.3. The summed E-state index contributed by atoms with van der Waals surface area (Å²) < 4.78 is 0. The lowest BCUT2D eigenvalue weighted by Crippen LogP contribution is -2.33. The van der Waals surface area contributed by atoms with Crippen LogP contribution in [0.1, 0.15) is 12.0 Å². The van der Waals surface area contributed by atoms with Crippen LogP contribution in [0.5, 0.6) is 0 Å². The zero-order chi connectivity index (χ0) is 20.5. The van der Waals surface area contributed by atoms with Crippen LogP contribution in [-0.2, 0) is 11.3 Å². The average Bonchev–Trinajstić information content (AvgIpc) is 3.14. The fraction of sp³-hybridized carbons (Fsp3) is 0.160. The van der Waals surface area contributed by atoms with Crippen LogP contribution in [0, 0.1) is 0 Å². The van der Waals surface area contributed by atoms with E-state index in [1.807, 2.05) is 66.8 Å². The topological polar surface area (TPSA) is 74.0 Å². The number of carbonyl (C=O) groups excluding carboxylic acids is 1. The Morgan fingerprint density at radius 3 is 2.80 bits per heavy atom. The highest BCUT2D eigenvalue weighted by Gasteiger charge is 2.33. The monoisotopic (exact) mass is 395 g/mol. The molecule has 0 bridgehead atoms. The molecule has 1 amide bonds. The average molecular weight is 395 g/mol. The number of aliphatic hydroxyl groups excluding tert-OH is 1. The summed E-state index contributed by atoms with van der Waals surface area (Å²) in [4.78, 5) is 12.9. The Morgan fingerprint density at radius 1 is 1.10 bits per heavy atom. The SMILES string of the molecule is O=C(NCc1ccccc1)C1N=NC2=CC3=CC=CC(O)/C3=C3\CC=CC=C3C=C21. The molecule has 5 heteroatoms. The van der Waals surface area contributed by atoms with Gasteiger partial charge >= 0.3 is 0 Å². The van der Waals surface area contributed by atoms with Gasteiger partial charge in [-0.1, -0.05) is 66.8 Å². The van der Waals surface area contributed by atoms with E-state index in [1.165, 1.54) is 0 Å². The van der Waals surface area contributed by atoms with Crippen LogP contribution in [0.3, 0.4) is 0 Å². The molecule has 0 spiro atoms. The number of carbonyl (C=O) groups is 1. The van der Waals surface area contributed by atoms with Crippen molar-refractivity contribution in [2.45, 2.75) is 25.1 Å². The molecule has 1 heterocycles. The molecular formula is C25H21N3O2. The van der Waals surface area contributed by atoms with Crippen molar-refractivity contribution in [2.75, 3.05) is 0 Å². The third-order valence-electron chi connectivity index (χ3n) is 5.62. The Kier molecular flexibility index (Phi) is 4.73. The van der Waals surface area contributed by atoms with Crippen LogP contribution < -0.4 is 5.32 Å². The highest BCUT2D eigenvalue weighted by molar-refractivity contribution is 5.87. The number of hydrogen-bond acceptors (Lipinski definition) is 4. The van der Waals surface area contributed by atoms with Crippen LogP contribution in [-0.4, -0.2) is 23.2 Å². The van der Waals surface area contributed by atoms with Crippen LogP contribution in [0.2, 0.25) is 0 Å². The maximum Gasteiger partial charge on any atom is 0.251 e. The molecule has 0 aromatic heterocycles. The van der Waals surface area contributed by atoms with E-state index in [0.29, 0.717) is 12.2 Å². The van der Waals surface area contributed by atoms with Crippen LogP contribution in [0.15, 0.2) is 123 Å². The fourth-order valence-corrected chi connectivity index (χ4v) is 4.11. The molecule has 1 aromatic rings. The fourth-order valence-electron chi connectivity index (χ4n) is 4.11. The molecule has 1 aliphatic heterocycles. The summed E-state index contributed by atoms with van der Waals surface area (Å²) in [6.45, 7) is 0.445. The lowest BCUT2D eigenvalue weighted by molar-refractivity contribution is -0.121. The van der Waals surface area contributed by atoms with Crippen molar-refractivity contribution in [2.24, 2.45) is 10.2 Å². The van der Waals surface area contributed by atoms with E-state index in [2.05, 4.69) is 21.6 Å². The summed E-state index contributed by atoms with van der Waals surface area (Å²) in [6, 6.07) is 9.12. The van der Waals surface area contributed by atoms with E-state index in [4.69, 9.17) is 0 Å². The standard InChI is InChI=1S/C25H21N3O2/c29-22-12-6-10-18-14-21-20(13-17-9-4-5-11-19(17)23(18)22)24(28-27-21)25(30)26-15-16-7-2-1-3-8-16/h1-10,12-14,22,24,29H,11,15H2,(H,26,30)/b20-13?,21-14?,23-19+. The first-order chi connectivity index (χ1) is 14.7. The molecule has 0 saturated heterocycles. The summed E-state index contributed by atoms with van der Waals surface area (Å²) in [5.41, 5.74) is 6.33. The number of benzene rings is 1. The molecule has 0 saturated carbocycles. The van der Waals surface area contributed by atoms with Gasteiger partial charge in [0.15, 0.2) is 6.04 Å². The minimum Gasteiger partial charge on any atom is -0.384 e. The first-order valence-electron chi connectivity index (χ1n) is 10.0. The van der Waals surface area contributed by atoms with Crippen molar-refractivity contribution >= 4 is 5.91 Å². The predicted molar refractivity (Wildman–Crippen MR) is 115 cm³/mol. The number of amides is 1. The lowest BCUT2D eigenvalue weighted by atomic mass is 9.81. The Hall–Kier alpha value is -3.57. The molecule has 2 N–H and O–H groups in total. The largest absolute Gasteiger partial charge is 0.384 e. The second kappa shape index (κ2) is 7.69. The van der Waals surface area contributed by atoms with Crippen LogP contribution in [0.25, 0.3) is 0 Å². The Bertz CT molecular complexity index is 1140. The third-order valence-corrected chi connectivity index (χ3v) is 5.62. The minimum absolute atomic E-state index is 0.173. The molecule has 3 aliphatic carbocycles. The molecule has 4 aliphatic rings. The van der Waals surface area contributed by atoms with Crippen molar-refractivity contribution in [1.82, 2.24) is 5.32 Å². The quantitative estimate of drug-likeness (QED) is 0.812. The van der Waals surface area contributed by atoms with Gasteiger partial charge < -0.3 is 10.4 Å². The minimum atomic E-state index is -0.681. The van der Waals surface area contributed by atoms with Crippen molar-refractivity contribution in [3.8, 4) is 0 Å². The third kappa shape index (κ3) is 3.33. The Balaban J connectivity index is 1.50. The first kappa shape index (κ1) is 18.5. The van der Waals surface area contributed by atoms with Crippen LogP contribution in [0.4, 0.5) is 0 Å². The van der Waals surface area contributed by atoms with Gasteiger partial charge in [-0.05, 0) is 46.4 Å². The van der Waals surface area contributed by atoms with Gasteiger partial charge in [-0.3, -0.25) is 4.79 Å². The molecule has 2 unspecified atom stereocenters. The summed E-state index contributed by atoms with van der Waals surface area (Å²) >= 11 is 0. The molecule has 30 heavy (non-hydrogen) atoms. The molecular weight excluding hydrogens is 374 g/mol. The second-order valence-electron chi connectivity index (χ2n) is 7.55. The number of nitrogens with zero attached hydrogens (tertiary/aromatic N) is 2. The number of allylic oxidation sites excluding steroid dienone is 9. The van der Waals surface area contributed by atoms with E-state index in [1.54, 1.807) is 6.08 Å². The Labute approximate surface area is 174 Å². The maximum atomic E-state index is 12.9. The van der Waals surface area contributed by atoms with Gasteiger partial charge in [-0.15, -0.1) is 0 Å². The number of rotatable bonds is 3. The number of aliphatic hydroxyl groups is 1. The molecule has 0 fully saturated rings.